The molecule has 0 aromatic carbocycles. The highest BCUT2D eigenvalue weighted by Crippen LogP contribution is 2.33. The monoisotopic (exact) mass is 336 g/mol. The Bertz CT molecular complexity index is 427. The van der Waals surface area contributed by atoms with Crippen molar-refractivity contribution < 1.29 is 4.79 Å². The third-order valence-electron chi connectivity index (χ3n) is 6.19. The van der Waals surface area contributed by atoms with Gasteiger partial charge < -0.3 is 16.4 Å². The van der Waals surface area contributed by atoms with Crippen molar-refractivity contribution in [3.05, 3.63) is 0 Å². The van der Waals surface area contributed by atoms with Crippen LogP contribution in [-0.4, -0.2) is 36.4 Å². The number of hydrogen-bond donors (Lipinski definition) is 2. The van der Waals surface area contributed by atoms with E-state index in [1.807, 2.05) is 0 Å². The first kappa shape index (κ1) is 19.1. The number of likely N-dealkylation sites (tertiary alicyclic amines) is 1. The molecule has 0 radical (unpaired) electrons. The number of carbonyl (C=O) groups excluding carboxylic acids is 1. The minimum atomic E-state index is 0.125. The van der Waals surface area contributed by atoms with E-state index in [0.29, 0.717) is 30.2 Å². The maximum atomic E-state index is 13.1. The Kier molecular flexibility index (Phi) is 7.38. The van der Waals surface area contributed by atoms with Gasteiger partial charge in [0.25, 0.3) is 0 Å². The molecule has 4 N–H and O–H groups in total. The van der Waals surface area contributed by atoms with Crippen molar-refractivity contribution in [2.24, 2.45) is 40.1 Å². The van der Waals surface area contributed by atoms with Gasteiger partial charge in [-0.2, -0.15) is 0 Å². The van der Waals surface area contributed by atoms with E-state index in [1.165, 1.54) is 32.1 Å². The Morgan fingerprint density at radius 1 is 1.17 bits per heavy atom. The maximum Gasteiger partial charge on any atom is 0.225 e. The average Bonchev–Trinajstić information content (AvgIpc) is 2.66. The summed E-state index contributed by atoms with van der Waals surface area (Å²) >= 11 is 0. The molecule has 5 heteroatoms. The number of nitrogens with zero attached hydrogens (tertiary/aromatic N) is 2. The molecule has 0 spiro atoms. The maximum absolute atomic E-state index is 13.1. The van der Waals surface area contributed by atoms with Crippen LogP contribution < -0.4 is 11.5 Å². The van der Waals surface area contributed by atoms with E-state index in [1.54, 1.807) is 0 Å². The van der Waals surface area contributed by atoms with E-state index < -0.39 is 0 Å². The molecule has 138 valence electrons. The first-order valence-electron chi connectivity index (χ1n) is 9.83. The lowest BCUT2D eigenvalue weighted by Crippen LogP contribution is -2.40. The van der Waals surface area contributed by atoms with Crippen LogP contribution in [0.15, 0.2) is 4.99 Å². The first-order valence-corrected chi connectivity index (χ1v) is 9.83. The third-order valence-corrected chi connectivity index (χ3v) is 6.19. The van der Waals surface area contributed by atoms with E-state index in [9.17, 15) is 4.79 Å². The minimum absolute atomic E-state index is 0.125. The summed E-state index contributed by atoms with van der Waals surface area (Å²) < 4.78 is 0. The molecular weight excluding hydrogens is 300 g/mol. The van der Waals surface area contributed by atoms with Crippen LogP contribution in [0.25, 0.3) is 0 Å². The summed E-state index contributed by atoms with van der Waals surface area (Å²) in [5.41, 5.74) is 10.8. The molecule has 1 amide bonds. The van der Waals surface area contributed by atoms with Crippen molar-refractivity contribution in [1.29, 1.82) is 0 Å². The molecule has 0 aromatic rings. The molecule has 2 fully saturated rings. The van der Waals surface area contributed by atoms with Crippen molar-refractivity contribution in [1.82, 2.24) is 4.90 Å². The van der Waals surface area contributed by atoms with Gasteiger partial charge in [0.15, 0.2) is 5.96 Å². The summed E-state index contributed by atoms with van der Waals surface area (Å²) in [7, 11) is 0. The van der Waals surface area contributed by atoms with Gasteiger partial charge in [-0.1, -0.05) is 33.1 Å². The molecule has 1 aliphatic carbocycles. The Morgan fingerprint density at radius 2 is 1.88 bits per heavy atom. The van der Waals surface area contributed by atoms with Gasteiger partial charge in [0, 0.05) is 25.6 Å². The highest BCUT2D eigenvalue weighted by molar-refractivity contribution is 5.79. The minimum Gasteiger partial charge on any atom is -0.370 e. The lowest BCUT2D eigenvalue weighted by molar-refractivity contribution is -0.137. The second kappa shape index (κ2) is 9.28. The summed E-state index contributed by atoms with van der Waals surface area (Å²) in [4.78, 5) is 19.4. The van der Waals surface area contributed by atoms with Gasteiger partial charge >= 0.3 is 0 Å². The Hall–Kier alpha value is -1.26. The normalized spacial score (nSPS) is 29.3. The van der Waals surface area contributed by atoms with Crippen LogP contribution in [0.5, 0.6) is 0 Å². The van der Waals surface area contributed by atoms with Gasteiger partial charge in [-0.05, 0) is 49.9 Å². The van der Waals surface area contributed by atoms with Crippen molar-refractivity contribution in [2.75, 3.05) is 19.6 Å². The molecule has 1 saturated carbocycles. The van der Waals surface area contributed by atoms with E-state index in [4.69, 9.17) is 11.5 Å². The van der Waals surface area contributed by atoms with E-state index in [2.05, 4.69) is 23.7 Å². The van der Waals surface area contributed by atoms with Crippen molar-refractivity contribution >= 4 is 11.9 Å². The fourth-order valence-electron chi connectivity index (χ4n) is 4.36. The Balaban J connectivity index is 1.96. The summed E-state index contributed by atoms with van der Waals surface area (Å²) in [6.45, 7) is 7.08. The molecule has 3 atom stereocenters. The molecule has 1 saturated heterocycles. The van der Waals surface area contributed by atoms with Gasteiger partial charge in [-0.3, -0.25) is 9.79 Å². The summed E-state index contributed by atoms with van der Waals surface area (Å²) in [6.07, 6.45) is 9.53. The predicted octanol–water partition coefficient (Wildman–Crippen LogP) is 2.74. The van der Waals surface area contributed by atoms with E-state index >= 15 is 0 Å². The fourth-order valence-corrected chi connectivity index (χ4v) is 4.36. The number of nitrogens with two attached hydrogens (primary N) is 2. The average molecular weight is 337 g/mol. The number of hydrogen-bond acceptors (Lipinski definition) is 2. The zero-order chi connectivity index (χ0) is 17.5. The number of aliphatic imine (C=N–C) groups is 1. The zero-order valence-electron chi connectivity index (χ0n) is 15.5. The van der Waals surface area contributed by atoms with Crippen molar-refractivity contribution in [2.45, 2.75) is 65.2 Å². The Labute approximate surface area is 147 Å². The molecule has 2 aliphatic rings. The van der Waals surface area contributed by atoms with Crippen LogP contribution >= 0.6 is 0 Å². The highest BCUT2D eigenvalue weighted by atomic mass is 16.2. The quantitative estimate of drug-likeness (QED) is 0.444. The standard InChI is InChI=1S/C19H36N4O/c1-14-10-12-23(13-16-7-4-3-5-8-16)18(24)17(15(14)2)9-6-11-22-19(20)21/h14-17H,3-13H2,1-2H3,(H4,20,21,22). The molecule has 3 unspecified atom stereocenters. The Morgan fingerprint density at radius 3 is 2.54 bits per heavy atom. The number of amides is 1. The van der Waals surface area contributed by atoms with Crippen LogP contribution in [0.1, 0.15) is 65.2 Å². The van der Waals surface area contributed by atoms with Crippen molar-refractivity contribution in [3.8, 4) is 0 Å². The van der Waals surface area contributed by atoms with E-state index in [-0.39, 0.29) is 11.9 Å². The highest BCUT2D eigenvalue weighted by Gasteiger charge is 2.35. The second-order valence-corrected chi connectivity index (χ2v) is 7.97. The van der Waals surface area contributed by atoms with Gasteiger partial charge in [-0.25, -0.2) is 0 Å². The van der Waals surface area contributed by atoms with Crippen LogP contribution in [0.4, 0.5) is 0 Å². The molecule has 0 bridgehead atoms. The number of guanidine groups is 1. The molecule has 5 nitrogen and oxygen atoms in total. The molecule has 0 aromatic heterocycles. The van der Waals surface area contributed by atoms with Crippen LogP contribution in [0.2, 0.25) is 0 Å². The van der Waals surface area contributed by atoms with Gasteiger partial charge in [0.2, 0.25) is 5.91 Å². The van der Waals surface area contributed by atoms with E-state index in [0.717, 1.165) is 32.4 Å². The SMILES string of the molecule is CC1CCN(CC2CCCCC2)C(=O)C(CCCN=C(N)N)C1C. The molecule has 2 rings (SSSR count). The fraction of sp³-hybridized carbons (Fsp3) is 0.895. The largest absolute Gasteiger partial charge is 0.370 e. The van der Waals surface area contributed by atoms with Crippen LogP contribution in [-0.2, 0) is 4.79 Å². The number of carbonyl (C=O) groups is 1. The summed E-state index contributed by atoms with van der Waals surface area (Å²) in [5, 5.41) is 0. The first-order chi connectivity index (χ1) is 11.5. The van der Waals surface area contributed by atoms with Crippen LogP contribution in [0, 0.1) is 23.7 Å². The van der Waals surface area contributed by atoms with Gasteiger partial charge in [0.05, 0.1) is 0 Å². The molecule has 1 heterocycles. The molecular formula is C19H36N4O. The zero-order valence-corrected chi connectivity index (χ0v) is 15.5. The lowest BCUT2D eigenvalue weighted by atomic mass is 9.80. The van der Waals surface area contributed by atoms with Gasteiger partial charge in [-0.15, -0.1) is 0 Å². The smallest absolute Gasteiger partial charge is 0.225 e. The van der Waals surface area contributed by atoms with Crippen LogP contribution in [0.3, 0.4) is 0 Å². The predicted molar refractivity (Wildman–Crippen MR) is 99.5 cm³/mol. The second-order valence-electron chi connectivity index (χ2n) is 7.97. The lowest BCUT2D eigenvalue weighted by Gasteiger charge is -2.31. The number of rotatable bonds is 6. The van der Waals surface area contributed by atoms with Crippen molar-refractivity contribution in [3.63, 3.8) is 0 Å². The third kappa shape index (κ3) is 5.38. The van der Waals surface area contributed by atoms with Gasteiger partial charge in [0.1, 0.15) is 0 Å². The summed E-state index contributed by atoms with van der Waals surface area (Å²) in [5.74, 6) is 2.39. The summed E-state index contributed by atoms with van der Waals surface area (Å²) in [6, 6.07) is 0. The topological polar surface area (TPSA) is 84.7 Å². The molecule has 1 aliphatic heterocycles. The molecule has 24 heavy (non-hydrogen) atoms.